The largest absolute Gasteiger partial charge is 0.354 e. The fourth-order valence-corrected chi connectivity index (χ4v) is 2.59. The third-order valence-electron chi connectivity index (χ3n) is 2.14. The van der Waals surface area contributed by atoms with Crippen LogP contribution in [0.1, 0.15) is 5.56 Å². The Kier molecular flexibility index (Phi) is 4.65. The number of amides is 1. The van der Waals surface area contributed by atoms with E-state index in [0.29, 0.717) is 0 Å². The zero-order chi connectivity index (χ0) is 12.9. The average molecular weight is 256 g/mol. The van der Waals surface area contributed by atoms with Gasteiger partial charge >= 0.3 is 0 Å². The molecule has 17 heavy (non-hydrogen) atoms. The first-order valence-corrected chi connectivity index (χ1v) is 6.87. The average Bonchev–Trinajstić information content (AvgIpc) is 2.26. The summed E-state index contributed by atoms with van der Waals surface area (Å²) in [7, 11) is -3.57. The van der Waals surface area contributed by atoms with Crippen molar-refractivity contribution in [1.29, 1.82) is 0 Å². The summed E-state index contributed by atoms with van der Waals surface area (Å²) in [5.41, 5.74) is 6.05. The lowest BCUT2D eigenvalue weighted by Crippen LogP contribution is -2.33. The van der Waals surface area contributed by atoms with Crippen LogP contribution in [0.5, 0.6) is 0 Å². The van der Waals surface area contributed by atoms with Gasteiger partial charge in [0.25, 0.3) is 0 Å². The van der Waals surface area contributed by atoms with Gasteiger partial charge in [0.15, 0.2) is 9.84 Å². The van der Waals surface area contributed by atoms with Crippen molar-refractivity contribution in [3.63, 3.8) is 0 Å². The molecule has 0 radical (unpaired) electrons. The Bertz CT molecular complexity index is 497. The predicted molar refractivity (Wildman–Crippen MR) is 65.3 cm³/mol. The van der Waals surface area contributed by atoms with Crippen molar-refractivity contribution in [3.8, 4) is 0 Å². The maximum atomic E-state index is 11.9. The van der Waals surface area contributed by atoms with Crippen molar-refractivity contribution in [1.82, 2.24) is 5.32 Å². The number of hydrogen-bond donors (Lipinski definition) is 2. The molecule has 0 heterocycles. The van der Waals surface area contributed by atoms with Crippen molar-refractivity contribution in [2.75, 3.05) is 18.8 Å². The molecule has 0 aliphatic carbocycles. The van der Waals surface area contributed by atoms with Gasteiger partial charge in [0.2, 0.25) is 5.91 Å². The summed E-state index contributed by atoms with van der Waals surface area (Å²) in [5.74, 6) is -1.08. The molecule has 0 fully saturated rings. The molecule has 0 spiro atoms. The third-order valence-corrected chi connectivity index (χ3v) is 3.75. The summed E-state index contributed by atoms with van der Waals surface area (Å²) in [5, 5.41) is 2.43. The second-order valence-electron chi connectivity index (χ2n) is 3.71. The number of benzene rings is 1. The zero-order valence-electron chi connectivity index (χ0n) is 9.64. The second kappa shape index (κ2) is 5.79. The molecule has 0 atom stereocenters. The summed E-state index contributed by atoms with van der Waals surface area (Å²) >= 11 is 0. The summed E-state index contributed by atoms with van der Waals surface area (Å²) in [6.07, 6.45) is 0. The van der Waals surface area contributed by atoms with Gasteiger partial charge in [-0.1, -0.05) is 12.1 Å². The molecule has 0 unspecified atom stereocenters. The van der Waals surface area contributed by atoms with Gasteiger partial charge < -0.3 is 11.1 Å². The molecule has 0 aromatic heterocycles. The van der Waals surface area contributed by atoms with E-state index in [4.69, 9.17) is 5.73 Å². The Morgan fingerprint density at radius 2 is 2.12 bits per heavy atom. The topological polar surface area (TPSA) is 89.3 Å². The number of rotatable bonds is 5. The fraction of sp³-hybridized carbons (Fsp3) is 0.364. The Hall–Kier alpha value is -1.40. The first-order chi connectivity index (χ1) is 7.95. The van der Waals surface area contributed by atoms with E-state index in [1.165, 1.54) is 6.07 Å². The minimum Gasteiger partial charge on any atom is -0.354 e. The van der Waals surface area contributed by atoms with Crippen molar-refractivity contribution < 1.29 is 13.2 Å². The van der Waals surface area contributed by atoms with Crippen LogP contribution in [0.2, 0.25) is 0 Å². The molecule has 0 bridgehead atoms. The highest BCUT2D eigenvalue weighted by Crippen LogP contribution is 2.12. The number of sulfone groups is 1. The Labute approximate surface area is 101 Å². The van der Waals surface area contributed by atoms with Crippen molar-refractivity contribution in [2.45, 2.75) is 11.8 Å². The highest BCUT2D eigenvalue weighted by atomic mass is 32.2. The van der Waals surface area contributed by atoms with Crippen LogP contribution in [-0.2, 0) is 14.6 Å². The quantitative estimate of drug-likeness (QED) is 0.766. The number of nitrogens with one attached hydrogen (secondary N) is 1. The number of aryl methyl sites for hydroxylation is 1. The lowest BCUT2D eigenvalue weighted by atomic mass is 10.2. The molecule has 6 heteroatoms. The maximum absolute atomic E-state index is 11.9. The van der Waals surface area contributed by atoms with Gasteiger partial charge in [-0.15, -0.1) is 0 Å². The first-order valence-electron chi connectivity index (χ1n) is 5.22. The predicted octanol–water partition coefficient (Wildman–Crippen LogP) is -0.156. The molecule has 1 amide bonds. The highest BCUT2D eigenvalue weighted by Gasteiger charge is 2.18. The summed E-state index contributed by atoms with van der Waals surface area (Å²) in [6, 6.07) is 6.48. The number of carbonyl (C=O) groups is 1. The fourth-order valence-electron chi connectivity index (χ4n) is 1.33. The van der Waals surface area contributed by atoms with Crippen LogP contribution in [0.25, 0.3) is 0 Å². The van der Waals surface area contributed by atoms with E-state index in [0.717, 1.165) is 5.56 Å². The van der Waals surface area contributed by atoms with Gasteiger partial charge in [-0.05, 0) is 24.6 Å². The first kappa shape index (κ1) is 13.7. The van der Waals surface area contributed by atoms with E-state index >= 15 is 0 Å². The van der Waals surface area contributed by atoms with E-state index in [1.807, 2.05) is 0 Å². The Balaban J connectivity index is 2.79. The smallest absolute Gasteiger partial charge is 0.235 e. The molecule has 1 aromatic rings. The van der Waals surface area contributed by atoms with E-state index in [1.54, 1.807) is 25.1 Å². The molecule has 0 aliphatic rings. The maximum Gasteiger partial charge on any atom is 0.235 e. The van der Waals surface area contributed by atoms with Gasteiger partial charge in [-0.2, -0.15) is 0 Å². The molecule has 94 valence electrons. The van der Waals surface area contributed by atoms with Crippen LogP contribution in [-0.4, -0.2) is 33.2 Å². The third kappa shape index (κ3) is 4.16. The SMILES string of the molecule is Cc1cccc(S(=O)(=O)CC(=O)NCCN)c1. The highest BCUT2D eigenvalue weighted by molar-refractivity contribution is 7.92. The minimum absolute atomic E-state index is 0.167. The number of nitrogens with two attached hydrogens (primary N) is 1. The number of carbonyl (C=O) groups excluding carboxylic acids is 1. The molecular formula is C11H16N2O3S. The van der Waals surface area contributed by atoms with Crippen molar-refractivity contribution >= 4 is 15.7 Å². The number of hydrogen-bond acceptors (Lipinski definition) is 4. The Morgan fingerprint density at radius 3 is 2.71 bits per heavy atom. The van der Waals surface area contributed by atoms with E-state index < -0.39 is 21.5 Å². The van der Waals surface area contributed by atoms with E-state index in [2.05, 4.69) is 5.32 Å². The standard InChI is InChI=1S/C11H16N2O3S/c1-9-3-2-4-10(7-9)17(15,16)8-11(14)13-6-5-12/h2-4,7H,5-6,8,12H2,1H3,(H,13,14). The lowest BCUT2D eigenvalue weighted by molar-refractivity contribution is -0.118. The molecule has 0 aliphatic heterocycles. The van der Waals surface area contributed by atoms with Gasteiger partial charge in [0.1, 0.15) is 5.75 Å². The van der Waals surface area contributed by atoms with Crippen molar-refractivity contribution in [3.05, 3.63) is 29.8 Å². The zero-order valence-corrected chi connectivity index (χ0v) is 10.5. The molecule has 1 rings (SSSR count). The van der Waals surface area contributed by atoms with Crippen molar-refractivity contribution in [2.24, 2.45) is 5.73 Å². The molecule has 0 saturated heterocycles. The van der Waals surface area contributed by atoms with Crippen LogP contribution < -0.4 is 11.1 Å². The molecule has 1 aromatic carbocycles. The normalized spacial score (nSPS) is 11.2. The van der Waals surface area contributed by atoms with Crippen LogP contribution >= 0.6 is 0 Å². The van der Waals surface area contributed by atoms with Crippen LogP contribution in [0.4, 0.5) is 0 Å². The molecular weight excluding hydrogens is 240 g/mol. The van der Waals surface area contributed by atoms with Crippen LogP contribution in [0.15, 0.2) is 29.2 Å². The molecule has 5 nitrogen and oxygen atoms in total. The van der Waals surface area contributed by atoms with Crippen LogP contribution in [0, 0.1) is 6.92 Å². The Morgan fingerprint density at radius 1 is 1.41 bits per heavy atom. The second-order valence-corrected chi connectivity index (χ2v) is 5.70. The lowest BCUT2D eigenvalue weighted by Gasteiger charge is -2.06. The summed E-state index contributed by atoms with van der Waals surface area (Å²) in [4.78, 5) is 11.5. The van der Waals surface area contributed by atoms with E-state index in [9.17, 15) is 13.2 Å². The molecule has 3 N–H and O–H groups in total. The summed E-state index contributed by atoms with van der Waals surface area (Å²) < 4.78 is 23.7. The van der Waals surface area contributed by atoms with Gasteiger partial charge in [0, 0.05) is 13.1 Å². The van der Waals surface area contributed by atoms with Gasteiger partial charge in [0.05, 0.1) is 4.90 Å². The minimum atomic E-state index is -3.57. The molecule has 0 saturated carbocycles. The van der Waals surface area contributed by atoms with E-state index in [-0.39, 0.29) is 18.0 Å². The summed E-state index contributed by atoms with van der Waals surface area (Å²) in [6.45, 7) is 2.37. The van der Waals surface area contributed by atoms with Crippen LogP contribution in [0.3, 0.4) is 0 Å². The van der Waals surface area contributed by atoms with Gasteiger partial charge in [-0.25, -0.2) is 8.42 Å². The monoisotopic (exact) mass is 256 g/mol. The van der Waals surface area contributed by atoms with Gasteiger partial charge in [-0.3, -0.25) is 4.79 Å².